The van der Waals surface area contributed by atoms with Crippen molar-refractivity contribution in [1.82, 2.24) is 5.32 Å². The van der Waals surface area contributed by atoms with Gasteiger partial charge in [0.05, 0.1) is 16.6 Å². The standard InChI is InChI=1S/C23H24N2O3S/c1-17-14-15-20(23(26)24-18(2)19-10-6-4-7-11-19)16-22(17)25(3)29(27,28)21-12-8-5-9-13-21/h4-16,18H,1-3H3,(H,24,26). The summed E-state index contributed by atoms with van der Waals surface area (Å²) in [5.74, 6) is -0.256. The summed E-state index contributed by atoms with van der Waals surface area (Å²) >= 11 is 0. The molecule has 1 unspecified atom stereocenters. The molecule has 3 aromatic carbocycles. The third-order valence-corrected chi connectivity index (χ3v) is 6.65. The van der Waals surface area contributed by atoms with Gasteiger partial charge in [-0.25, -0.2) is 8.42 Å². The minimum atomic E-state index is -3.72. The van der Waals surface area contributed by atoms with Crippen LogP contribution in [0.25, 0.3) is 0 Å². The Morgan fingerprint density at radius 3 is 2.14 bits per heavy atom. The van der Waals surface area contributed by atoms with Gasteiger partial charge in [-0.05, 0) is 49.2 Å². The van der Waals surface area contributed by atoms with E-state index in [0.717, 1.165) is 11.1 Å². The van der Waals surface area contributed by atoms with Crippen LogP contribution in [0.15, 0.2) is 83.8 Å². The van der Waals surface area contributed by atoms with E-state index in [1.165, 1.54) is 11.4 Å². The summed E-state index contributed by atoms with van der Waals surface area (Å²) in [5.41, 5.74) is 2.63. The molecule has 0 radical (unpaired) electrons. The lowest BCUT2D eigenvalue weighted by atomic mass is 10.1. The van der Waals surface area contributed by atoms with Crippen molar-refractivity contribution in [2.75, 3.05) is 11.4 Å². The van der Waals surface area contributed by atoms with Gasteiger partial charge in [0, 0.05) is 12.6 Å². The minimum Gasteiger partial charge on any atom is -0.346 e. The van der Waals surface area contributed by atoms with Crippen molar-refractivity contribution in [2.45, 2.75) is 24.8 Å². The number of nitrogens with zero attached hydrogens (tertiary/aromatic N) is 1. The lowest BCUT2D eigenvalue weighted by molar-refractivity contribution is 0.0940. The minimum absolute atomic E-state index is 0.167. The summed E-state index contributed by atoms with van der Waals surface area (Å²) in [7, 11) is -2.22. The smallest absolute Gasteiger partial charge is 0.264 e. The van der Waals surface area contributed by atoms with Crippen LogP contribution in [-0.4, -0.2) is 21.4 Å². The molecule has 150 valence electrons. The quantitative estimate of drug-likeness (QED) is 0.661. The summed E-state index contributed by atoms with van der Waals surface area (Å²) < 4.78 is 27.1. The van der Waals surface area contributed by atoms with Crippen LogP contribution in [0.3, 0.4) is 0 Å². The molecule has 1 amide bonds. The van der Waals surface area contributed by atoms with E-state index in [4.69, 9.17) is 0 Å². The monoisotopic (exact) mass is 408 g/mol. The Morgan fingerprint density at radius 2 is 1.52 bits per heavy atom. The second kappa shape index (κ2) is 8.49. The molecule has 6 heteroatoms. The molecule has 0 saturated carbocycles. The lowest BCUT2D eigenvalue weighted by Gasteiger charge is -2.22. The van der Waals surface area contributed by atoms with Crippen LogP contribution in [0.4, 0.5) is 5.69 Å². The number of hydrogen-bond donors (Lipinski definition) is 1. The molecule has 1 atom stereocenters. The molecule has 0 fully saturated rings. The van der Waals surface area contributed by atoms with Crippen molar-refractivity contribution in [2.24, 2.45) is 0 Å². The molecule has 0 aliphatic carbocycles. The topological polar surface area (TPSA) is 66.5 Å². The summed E-state index contributed by atoms with van der Waals surface area (Å²) in [6, 6.07) is 22.8. The van der Waals surface area contributed by atoms with Gasteiger partial charge in [-0.2, -0.15) is 0 Å². The molecule has 0 aliphatic heterocycles. The highest BCUT2D eigenvalue weighted by Crippen LogP contribution is 2.26. The number of rotatable bonds is 6. The fourth-order valence-corrected chi connectivity index (χ4v) is 4.35. The first-order valence-electron chi connectivity index (χ1n) is 9.31. The second-order valence-corrected chi connectivity index (χ2v) is 8.86. The van der Waals surface area contributed by atoms with Crippen molar-refractivity contribution in [3.8, 4) is 0 Å². The third kappa shape index (κ3) is 4.49. The third-order valence-electron chi connectivity index (χ3n) is 4.86. The van der Waals surface area contributed by atoms with Crippen LogP contribution in [0.1, 0.15) is 34.5 Å². The molecule has 0 aliphatic rings. The number of benzene rings is 3. The molecule has 5 nitrogen and oxygen atoms in total. The zero-order chi connectivity index (χ0) is 21.0. The summed E-state index contributed by atoms with van der Waals surface area (Å²) in [4.78, 5) is 13.0. The molecule has 1 N–H and O–H groups in total. The number of carbonyl (C=O) groups is 1. The van der Waals surface area contributed by atoms with E-state index in [9.17, 15) is 13.2 Å². The maximum absolute atomic E-state index is 13.0. The summed E-state index contributed by atoms with van der Waals surface area (Å²) in [6.07, 6.45) is 0. The van der Waals surface area contributed by atoms with Crippen molar-refractivity contribution < 1.29 is 13.2 Å². The maximum atomic E-state index is 13.0. The Labute approximate surface area is 172 Å². The first-order valence-corrected chi connectivity index (χ1v) is 10.7. The number of carbonyl (C=O) groups excluding carboxylic acids is 1. The Kier molecular flexibility index (Phi) is 6.03. The molecule has 3 aromatic rings. The van der Waals surface area contributed by atoms with Crippen LogP contribution in [-0.2, 0) is 10.0 Å². The molecule has 0 aromatic heterocycles. The normalized spacial score (nSPS) is 12.2. The Balaban J connectivity index is 1.87. The average Bonchev–Trinajstić information content (AvgIpc) is 2.74. The number of aryl methyl sites for hydroxylation is 1. The molecular formula is C23H24N2O3S. The summed E-state index contributed by atoms with van der Waals surface area (Å²) in [6.45, 7) is 3.73. The predicted molar refractivity (Wildman–Crippen MR) is 116 cm³/mol. The number of sulfonamides is 1. The molecule has 29 heavy (non-hydrogen) atoms. The van der Waals surface area contributed by atoms with Gasteiger partial charge in [0.2, 0.25) is 0 Å². The largest absolute Gasteiger partial charge is 0.346 e. The van der Waals surface area contributed by atoms with Crippen LogP contribution in [0, 0.1) is 6.92 Å². The van der Waals surface area contributed by atoms with Gasteiger partial charge in [-0.15, -0.1) is 0 Å². The highest BCUT2D eigenvalue weighted by molar-refractivity contribution is 7.92. The van der Waals surface area contributed by atoms with Crippen LogP contribution in [0.5, 0.6) is 0 Å². The van der Waals surface area contributed by atoms with E-state index in [2.05, 4.69) is 5.32 Å². The fraction of sp³-hybridized carbons (Fsp3) is 0.174. The Morgan fingerprint density at radius 1 is 0.931 bits per heavy atom. The number of hydrogen-bond acceptors (Lipinski definition) is 3. The Bertz CT molecular complexity index is 1100. The Hall–Kier alpha value is -3.12. The fourth-order valence-electron chi connectivity index (χ4n) is 3.07. The van der Waals surface area contributed by atoms with E-state index >= 15 is 0 Å². The van der Waals surface area contributed by atoms with E-state index in [1.54, 1.807) is 48.5 Å². The molecule has 0 heterocycles. The van der Waals surface area contributed by atoms with Crippen LogP contribution in [0.2, 0.25) is 0 Å². The van der Waals surface area contributed by atoms with Gasteiger partial charge in [0.25, 0.3) is 15.9 Å². The molecular weight excluding hydrogens is 384 g/mol. The number of amides is 1. The van der Waals surface area contributed by atoms with E-state index in [-0.39, 0.29) is 16.8 Å². The van der Waals surface area contributed by atoms with Crippen molar-refractivity contribution >= 4 is 21.6 Å². The first-order chi connectivity index (χ1) is 13.8. The lowest BCUT2D eigenvalue weighted by Crippen LogP contribution is -2.29. The van der Waals surface area contributed by atoms with Crippen molar-refractivity contribution in [3.63, 3.8) is 0 Å². The number of anilines is 1. The van der Waals surface area contributed by atoms with Crippen molar-refractivity contribution in [1.29, 1.82) is 0 Å². The van der Waals surface area contributed by atoms with E-state index in [1.807, 2.05) is 44.2 Å². The molecule has 0 spiro atoms. The van der Waals surface area contributed by atoms with Gasteiger partial charge in [0.1, 0.15) is 0 Å². The maximum Gasteiger partial charge on any atom is 0.264 e. The number of nitrogens with one attached hydrogen (secondary N) is 1. The molecule has 0 bridgehead atoms. The zero-order valence-electron chi connectivity index (χ0n) is 16.7. The molecule has 0 saturated heterocycles. The highest BCUT2D eigenvalue weighted by atomic mass is 32.2. The second-order valence-electron chi connectivity index (χ2n) is 6.89. The zero-order valence-corrected chi connectivity index (χ0v) is 17.5. The highest BCUT2D eigenvalue weighted by Gasteiger charge is 2.23. The van der Waals surface area contributed by atoms with Crippen molar-refractivity contribution in [3.05, 3.63) is 95.6 Å². The summed E-state index contributed by atoms with van der Waals surface area (Å²) in [5, 5.41) is 2.96. The van der Waals surface area contributed by atoms with E-state index < -0.39 is 10.0 Å². The van der Waals surface area contributed by atoms with Crippen LogP contribution < -0.4 is 9.62 Å². The van der Waals surface area contributed by atoms with Crippen LogP contribution >= 0.6 is 0 Å². The van der Waals surface area contributed by atoms with Gasteiger partial charge in [0.15, 0.2) is 0 Å². The van der Waals surface area contributed by atoms with Gasteiger partial charge >= 0.3 is 0 Å². The first kappa shape index (κ1) is 20.6. The average molecular weight is 409 g/mol. The van der Waals surface area contributed by atoms with Gasteiger partial charge in [-0.1, -0.05) is 54.6 Å². The predicted octanol–water partition coefficient (Wildman–Crippen LogP) is 4.31. The van der Waals surface area contributed by atoms with E-state index in [0.29, 0.717) is 11.3 Å². The molecule has 3 rings (SSSR count). The van der Waals surface area contributed by atoms with Gasteiger partial charge in [-0.3, -0.25) is 9.10 Å². The van der Waals surface area contributed by atoms with Gasteiger partial charge < -0.3 is 5.32 Å². The SMILES string of the molecule is Cc1ccc(C(=O)NC(C)c2ccccc2)cc1N(C)S(=O)(=O)c1ccccc1.